The van der Waals surface area contributed by atoms with Crippen LogP contribution in [0, 0.1) is 0 Å². The summed E-state index contributed by atoms with van der Waals surface area (Å²) in [5.41, 5.74) is 0.152. The van der Waals surface area contributed by atoms with Crippen molar-refractivity contribution in [3.05, 3.63) is 50.8 Å². The van der Waals surface area contributed by atoms with E-state index in [1.165, 1.54) is 25.6 Å². The van der Waals surface area contributed by atoms with E-state index in [0.29, 0.717) is 17.2 Å². The molecule has 0 radical (unpaired) electrons. The Morgan fingerprint density at radius 2 is 2.09 bits per heavy atom. The molecule has 0 bridgehead atoms. The number of amides is 1. The molecule has 170 valence electrons. The van der Waals surface area contributed by atoms with Gasteiger partial charge in [0, 0.05) is 17.4 Å². The molecule has 7 nitrogen and oxygen atoms in total. The third-order valence-electron chi connectivity index (χ3n) is 5.05. The van der Waals surface area contributed by atoms with Crippen LogP contribution in [-0.2, 0) is 0 Å². The number of thiophene rings is 1. The lowest BCUT2D eigenvalue weighted by atomic mass is 10.0. The molecule has 0 saturated heterocycles. The van der Waals surface area contributed by atoms with Crippen LogP contribution >= 0.6 is 27.3 Å². The molecule has 2 atom stereocenters. The maximum atomic E-state index is 13.9. The minimum Gasteiger partial charge on any atom is -0.497 e. The van der Waals surface area contributed by atoms with Crippen molar-refractivity contribution in [3.63, 3.8) is 0 Å². The zero-order chi connectivity index (χ0) is 23.0. The van der Waals surface area contributed by atoms with Crippen molar-refractivity contribution in [1.82, 2.24) is 9.78 Å². The number of nitrogens with zero attached hydrogens (tertiary/aromatic N) is 2. The summed E-state index contributed by atoms with van der Waals surface area (Å²) in [6.45, 7) is 0. The molecule has 2 aromatic heterocycles. The Labute approximate surface area is 193 Å². The highest BCUT2D eigenvalue weighted by Gasteiger charge is 2.48. The molecule has 1 aliphatic heterocycles. The van der Waals surface area contributed by atoms with Crippen LogP contribution in [0.5, 0.6) is 11.5 Å². The summed E-state index contributed by atoms with van der Waals surface area (Å²) in [5, 5.41) is 11.5. The number of methoxy groups -OCH3 is 2. The molecule has 12 heteroatoms. The van der Waals surface area contributed by atoms with Crippen LogP contribution in [0.15, 0.2) is 40.2 Å². The van der Waals surface area contributed by atoms with Gasteiger partial charge in [-0.3, -0.25) is 4.79 Å². The molecule has 0 saturated carbocycles. The molecule has 0 spiro atoms. The van der Waals surface area contributed by atoms with Crippen LogP contribution in [-0.4, -0.2) is 36.1 Å². The summed E-state index contributed by atoms with van der Waals surface area (Å²) in [6, 6.07) is 5.90. The first-order valence-corrected chi connectivity index (χ1v) is 11.1. The van der Waals surface area contributed by atoms with Crippen molar-refractivity contribution >= 4 is 44.7 Å². The molecule has 0 aliphatic carbocycles. The number of aromatic nitrogens is 2. The molecule has 1 aliphatic rings. The number of carbonyl (C=O) groups is 1. The number of nitrogens with one attached hydrogen (secondary N) is 2. The van der Waals surface area contributed by atoms with Crippen LogP contribution in [0.25, 0.3) is 0 Å². The van der Waals surface area contributed by atoms with Gasteiger partial charge in [0.2, 0.25) is 0 Å². The van der Waals surface area contributed by atoms with Gasteiger partial charge in [-0.2, -0.15) is 18.3 Å². The van der Waals surface area contributed by atoms with E-state index in [1.807, 2.05) is 5.38 Å². The third-order valence-corrected chi connectivity index (χ3v) is 6.79. The van der Waals surface area contributed by atoms with Gasteiger partial charge >= 0.3 is 6.18 Å². The number of anilines is 2. The van der Waals surface area contributed by atoms with Gasteiger partial charge in [-0.05, 0) is 39.5 Å². The zero-order valence-corrected chi connectivity index (χ0v) is 19.3. The Bertz CT molecular complexity index is 1130. The van der Waals surface area contributed by atoms with Gasteiger partial charge < -0.3 is 20.1 Å². The summed E-state index contributed by atoms with van der Waals surface area (Å²) in [6.07, 6.45) is -4.77. The second-order valence-electron chi connectivity index (χ2n) is 6.98. The van der Waals surface area contributed by atoms with E-state index in [4.69, 9.17) is 9.47 Å². The van der Waals surface area contributed by atoms with E-state index in [-0.39, 0.29) is 22.4 Å². The lowest BCUT2D eigenvalue weighted by Crippen LogP contribution is -2.35. The smallest absolute Gasteiger partial charge is 0.410 e. The van der Waals surface area contributed by atoms with Gasteiger partial charge in [-0.15, -0.1) is 11.3 Å². The maximum absolute atomic E-state index is 13.9. The minimum absolute atomic E-state index is 0.101. The molecule has 1 aromatic carbocycles. The number of benzene rings is 1. The first kappa shape index (κ1) is 22.5. The molecular weight excluding hydrogens is 513 g/mol. The lowest BCUT2D eigenvalue weighted by molar-refractivity contribution is -0.173. The highest BCUT2D eigenvalue weighted by atomic mass is 79.9. The van der Waals surface area contributed by atoms with Crippen molar-refractivity contribution in [2.45, 2.75) is 24.7 Å². The Kier molecular flexibility index (Phi) is 6.08. The highest BCUT2D eigenvalue weighted by molar-refractivity contribution is 9.10. The third kappa shape index (κ3) is 4.16. The van der Waals surface area contributed by atoms with E-state index in [0.717, 1.165) is 9.56 Å². The zero-order valence-electron chi connectivity index (χ0n) is 16.9. The van der Waals surface area contributed by atoms with E-state index < -0.39 is 24.2 Å². The Balaban J connectivity index is 1.68. The topological polar surface area (TPSA) is 77.4 Å². The highest BCUT2D eigenvalue weighted by Crippen LogP contribution is 2.47. The van der Waals surface area contributed by atoms with Gasteiger partial charge in [0.1, 0.15) is 17.3 Å². The number of hydrogen-bond donors (Lipinski definition) is 2. The monoisotopic (exact) mass is 530 g/mol. The summed E-state index contributed by atoms with van der Waals surface area (Å²) >= 11 is 4.64. The summed E-state index contributed by atoms with van der Waals surface area (Å²) in [4.78, 5) is 13.7. The standard InChI is InChI=1S/C20H18BrF3N4O3S/c1-30-10-5-6-11(13(8-10)31-2)26-19(29)17-16(21)18-25-12(14-4-3-7-32-14)9-15(20(22,23)24)28(18)27-17/h3-8,12,15,25H,9H2,1-2H3,(H,26,29). The first-order valence-electron chi connectivity index (χ1n) is 9.41. The van der Waals surface area contributed by atoms with E-state index >= 15 is 0 Å². The largest absolute Gasteiger partial charge is 0.497 e. The molecule has 1 amide bonds. The summed E-state index contributed by atoms with van der Waals surface area (Å²) < 4.78 is 53.0. The van der Waals surface area contributed by atoms with Gasteiger partial charge in [0.25, 0.3) is 5.91 Å². The number of hydrogen-bond acceptors (Lipinski definition) is 6. The second-order valence-corrected chi connectivity index (χ2v) is 8.75. The van der Waals surface area contributed by atoms with Crippen molar-refractivity contribution < 1.29 is 27.4 Å². The number of rotatable bonds is 5. The average molecular weight is 531 g/mol. The summed E-state index contributed by atoms with van der Waals surface area (Å²) in [7, 11) is 2.92. The molecule has 4 rings (SSSR count). The van der Waals surface area contributed by atoms with Crippen molar-refractivity contribution in [1.29, 1.82) is 0 Å². The van der Waals surface area contributed by atoms with Crippen LogP contribution in [0.3, 0.4) is 0 Å². The van der Waals surface area contributed by atoms with Crippen molar-refractivity contribution in [3.8, 4) is 11.5 Å². The van der Waals surface area contributed by atoms with Gasteiger partial charge in [-0.25, -0.2) is 4.68 Å². The van der Waals surface area contributed by atoms with E-state index in [9.17, 15) is 18.0 Å². The fraction of sp³-hybridized carbons (Fsp3) is 0.300. The van der Waals surface area contributed by atoms with Crippen LogP contribution < -0.4 is 20.1 Å². The normalized spacial score (nSPS) is 17.9. The molecule has 2 unspecified atom stereocenters. The number of carbonyl (C=O) groups excluding carboxylic acids is 1. The van der Waals surface area contributed by atoms with Gasteiger partial charge in [0.15, 0.2) is 11.7 Å². The molecule has 0 fully saturated rings. The van der Waals surface area contributed by atoms with Crippen LogP contribution in [0.2, 0.25) is 0 Å². The number of ether oxygens (including phenoxy) is 2. The van der Waals surface area contributed by atoms with E-state index in [1.54, 1.807) is 30.3 Å². The molecule has 3 aromatic rings. The number of halogens is 4. The Hall–Kier alpha value is -2.73. The lowest BCUT2D eigenvalue weighted by Gasteiger charge is -2.33. The van der Waals surface area contributed by atoms with Crippen molar-refractivity contribution in [2.75, 3.05) is 24.9 Å². The quantitative estimate of drug-likeness (QED) is 0.446. The Morgan fingerprint density at radius 3 is 2.72 bits per heavy atom. The van der Waals surface area contributed by atoms with Crippen LogP contribution in [0.4, 0.5) is 24.7 Å². The maximum Gasteiger partial charge on any atom is 0.410 e. The molecule has 3 heterocycles. The predicted octanol–water partition coefficient (Wildman–Crippen LogP) is 5.64. The Morgan fingerprint density at radius 1 is 1.31 bits per heavy atom. The fourth-order valence-corrected chi connectivity index (χ4v) is 4.84. The fourth-order valence-electron chi connectivity index (χ4n) is 3.49. The minimum atomic E-state index is -4.54. The number of fused-ring (bicyclic) bond motifs is 1. The van der Waals surface area contributed by atoms with E-state index in [2.05, 4.69) is 31.7 Å². The molecule has 2 N–H and O–H groups in total. The molecule has 32 heavy (non-hydrogen) atoms. The van der Waals surface area contributed by atoms with Crippen LogP contribution in [0.1, 0.15) is 33.9 Å². The SMILES string of the molecule is COc1ccc(NC(=O)c2nn3c(c2Br)NC(c2cccs2)CC3C(F)(F)F)c(OC)c1. The average Bonchev–Trinajstić information content (AvgIpc) is 3.41. The second kappa shape index (κ2) is 8.66. The van der Waals surface area contributed by atoms with Crippen molar-refractivity contribution in [2.24, 2.45) is 0 Å². The summed E-state index contributed by atoms with van der Waals surface area (Å²) in [5.74, 6) is 0.277. The predicted molar refractivity (Wildman–Crippen MR) is 118 cm³/mol. The molecular formula is C20H18BrF3N4O3S. The number of alkyl halides is 3. The van der Waals surface area contributed by atoms with Gasteiger partial charge in [0.05, 0.1) is 30.4 Å². The van der Waals surface area contributed by atoms with Gasteiger partial charge in [-0.1, -0.05) is 6.07 Å². The first-order chi connectivity index (χ1) is 15.2.